The molecule has 0 amide bonds. The fraction of sp³-hybridized carbons (Fsp3) is 0.0833. The first-order chi connectivity index (χ1) is 7.29. The Morgan fingerprint density at radius 3 is 2.53 bits per heavy atom. The first-order valence-electron chi connectivity index (χ1n) is 4.64. The summed E-state index contributed by atoms with van der Waals surface area (Å²) in [7, 11) is 2.00. The van der Waals surface area contributed by atoms with Gasteiger partial charge in [0.1, 0.15) is 4.99 Å². The highest BCUT2D eigenvalue weighted by Gasteiger charge is 2.08. The van der Waals surface area contributed by atoms with E-state index in [0.29, 0.717) is 0 Å². The number of rotatable bonds is 2. The maximum absolute atomic E-state index is 5.41. The average molecular weight is 233 g/mol. The molecule has 15 heavy (non-hydrogen) atoms. The molecular weight excluding hydrogens is 222 g/mol. The third-order valence-corrected chi connectivity index (χ3v) is 3.41. The van der Waals surface area contributed by atoms with Crippen LogP contribution < -0.4 is 4.90 Å². The van der Waals surface area contributed by atoms with Gasteiger partial charge < -0.3 is 4.90 Å². The lowest BCUT2D eigenvalue weighted by atomic mass is 10.2. The molecule has 0 spiro atoms. The quantitative estimate of drug-likeness (QED) is 0.730. The van der Waals surface area contributed by atoms with Crippen LogP contribution in [0.3, 0.4) is 0 Å². The molecule has 76 valence electrons. The second-order valence-corrected chi connectivity index (χ2v) is 4.38. The van der Waals surface area contributed by atoms with Crippen LogP contribution in [-0.4, -0.2) is 12.0 Å². The Morgan fingerprint density at radius 1 is 1.20 bits per heavy atom. The summed E-state index contributed by atoms with van der Waals surface area (Å²) >= 11 is 7.08. The van der Waals surface area contributed by atoms with Crippen molar-refractivity contribution in [1.29, 1.82) is 0 Å². The van der Waals surface area contributed by atoms with Gasteiger partial charge >= 0.3 is 0 Å². The van der Waals surface area contributed by atoms with Gasteiger partial charge in [-0.3, -0.25) is 0 Å². The van der Waals surface area contributed by atoms with Gasteiger partial charge in [0.15, 0.2) is 0 Å². The predicted octanol–water partition coefficient (Wildman–Crippen LogP) is 3.56. The van der Waals surface area contributed by atoms with Gasteiger partial charge in [0.2, 0.25) is 0 Å². The maximum atomic E-state index is 5.41. The first kappa shape index (κ1) is 10.3. The molecule has 0 saturated carbocycles. The Bertz CT molecular complexity index is 434. The monoisotopic (exact) mass is 233 g/mol. The zero-order valence-electron chi connectivity index (χ0n) is 8.38. The van der Waals surface area contributed by atoms with Crippen LogP contribution in [0, 0.1) is 0 Å². The molecule has 0 aliphatic rings. The number of hydrogen-bond donors (Lipinski definition) is 0. The molecule has 0 aliphatic heterocycles. The molecule has 0 radical (unpaired) electrons. The largest absolute Gasteiger partial charge is 0.335 e. The zero-order chi connectivity index (χ0) is 10.7. The van der Waals surface area contributed by atoms with Gasteiger partial charge in [-0.2, -0.15) is 11.3 Å². The van der Waals surface area contributed by atoms with Gasteiger partial charge in [0.05, 0.1) is 0 Å². The highest BCUT2D eigenvalue weighted by atomic mass is 32.1. The van der Waals surface area contributed by atoms with Crippen molar-refractivity contribution in [3.8, 4) is 0 Å². The SMILES string of the molecule is CN(C(=S)c1ccsc1)c1ccccc1. The van der Waals surface area contributed by atoms with Gasteiger partial charge in [-0.15, -0.1) is 0 Å². The molecule has 1 heterocycles. The summed E-state index contributed by atoms with van der Waals surface area (Å²) < 4.78 is 0. The van der Waals surface area contributed by atoms with E-state index < -0.39 is 0 Å². The number of thiocarbonyl (C=S) groups is 1. The van der Waals surface area contributed by atoms with Crippen LogP contribution in [0.25, 0.3) is 0 Å². The zero-order valence-corrected chi connectivity index (χ0v) is 10.0. The van der Waals surface area contributed by atoms with Crippen molar-refractivity contribution in [2.24, 2.45) is 0 Å². The molecule has 1 nitrogen and oxygen atoms in total. The smallest absolute Gasteiger partial charge is 0.114 e. The molecule has 0 aliphatic carbocycles. The predicted molar refractivity (Wildman–Crippen MR) is 70.9 cm³/mol. The van der Waals surface area contributed by atoms with Crippen molar-refractivity contribution in [2.45, 2.75) is 0 Å². The van der Waals surface area contributed by atoms with Gasteiger partial charge in [-0.1, -0.05) is 30.4 Å². The van der Waals surface area contributed by atoms with Crippen molar-refractivity contribution in [3.05, 3.63) is 52.7 Å². The van der Waals surface area contributed by atoms with Crippen molar-refractivity contribution in [3.63, 3.8) is 0 Å². The molecule has 2 rings (SSSR count). The normalized spacial score (nSPS) is 9.93. The van der Waals surface area contributed by atoms with Gasteiger partial charge in [0, 0.05) is 23.7 Å². The van der Waals surface area contributed by atoms with E-state index in [0.717, 1.165) is 16.2 Å². The Morgan fingerprint density at radius 2 is 1.93 bits per heavy atom. The number of thiophene rings is 1. The standard InChI is InChI=1S/C12H11NS2/c1-13(11-5-3-2-4-6-11)12(14)10-7-8-15-9-10/h2-9H,1H3. The van der Waals surface area contributed by atoms with E-state index in [9.17, 15) is 0 Å². The summed E-state index contributed by atoms with van der Waals surface area (Å²) in [5.41, 5.74) is 2.23. The summed E-state index contributed by atoms with van der Waals surface area (Å²) in [5, 5.41) is 4.11. The molecule has 0 unspecified atom stereocenters. The van der Waals surface area contributed by atoms with Gasteiger partial charge in [-0.25, -0.2) is 0 Å². The molecule has 0 saturated heterocycles. The van der Waals surface area contributed by atoms with E-state index in [2.05, 4.69) is 17.5 Å². The van der Waals surface area contributed by atoms with Crippen LogP contribution in [0.2, 0.25) is 0 Å². The lowest BCUT2D eigenvalue weighted by molar-refractivity contribution is 1.29. The highest BCUT2D eigenvalue weighted by Crippen LogP contribution is 2.17. The van der Waals surface area contributed by atoms with Crippen LogP contribution in [0.5, 0.6) is 0 Å². The van der Waals surface area contributed by atoms with E-state index in [1.165, 1.54) is 0 Å². The Hall–Kier alpha value is -1.19. The Kier molecular flexibility index (Phi) is 3.14. The van der Waals surface area contributed by atoms with Crippen molar-refractivity contribution in [1.82, 2.24) is 0 Å². The number of anilines is 1. The molecule has 3 heteroatoms. The van der Waals surface area contributed by atoms with Gasteiger partial charge in [-0.05, 0) is 23.6 Å². The van der Waals surface area contributed by atoms with E-state index in [4.69, 9.17) is 12.2 Å². The second kappa shape index (κ2) is 4.55. The Labute approximate surface area is 99.0 Å². The van der Waals surface area contributed by atoms with Crippen LogP contribution in [-0.2, 0) is 0 Å². The molecule has 0 N–H and O–H groups in total. The summed E-state index contributed by atoms with van der Waals surface area (Å²) in [6.45, 7) is 0. The van der Waals surface area contributed by atoms with E-state index in [1.54, 1.807) is 11.3 Å². The van der Waals surface area contributed by atoms with E-state index in [1.807, 2.05) is 41.6 Å². The van der Waals surface area contributed by atoms with Crippen molar-refractivity contribution in [2.75, 3.05) is 11.9 Å². The fourth-order valence-electron chi connectivity index (χ4n) is 1.35. The first-order valence-corrected chi connectivity index (χ1v) is 5.99. The minimum atomic E-state index is 0.863. The van der Waals surface area contributed by atoms with Crippen LogP contribution in [0.15, 0.2) is 47.2 Å². The van der Waals surface area contributed by atoms with Gasteiger partial charge in [0.25, 0.3) is 0 Å². The number of nitrogens with zero attached hydrogens (tertiary/aromatic N) is 1. The van der Waals surface area contributed by atoms with E-state index >= 15 is 0 Å². The molecule has 1 aromatic heterocycles. The molecule has 0 fully saturated rings. The maximum Gasteiger partial charge on any atom is 0.114 e. The molecule has 0 bridgehead atoms. The minimum Gasteiger partial charge on any atom is -0.335 e. The Balaban J connectivity index is 2.23. The summed E-state index contributed by atoms with van der Waals surface area (Å²) in [6.07, 6.45) is 0. The number of hydrogen-bond acceptors (Lipinski definition) is 2. The molecule has 1 aromatic carbocycles. The van der Waals surface area contributed by atoms with Crippen LogP contribution in [0.4, 0.5) is 5.69 Å². The average Bonchev–Trinajstić information content (AvgIpc) is 2.82. The molecular formula is C12H11NS2. The van der Waals surface area contributed by atoms with Crippen LogP contribution >= 0.6 is 23.6 Å². The molecule has 0 atom stereocenters. The third kappa shape index (κ3) is 2.25. The molecule has 2 aromatic rings. The summed E-state index contributed by atoms with van der Waals surface area (Å²) in [4.78, 5) is 2.89. The van der Waals surface area contributed by atoms with Crippen molar-refractivity contribution >= 4 is 34.2 Å². The minimum absolute atomic E-state index is 0.863. The highest BCUT2D eigenvalue weighted by molar-refractivity contribution is 7.81. The lowest BCUT2D eigenvalue weighted by Crippen LogP contribution is -2.24. The number of benzene rings is 1. The number of para-hydroxylation sites is 1. The summed E-state index contributed by atoms with van der Waals surface area (Å²) in [5.74, 6) is 0. The second-order valence-electron chi connectivity index (χ2n) is 3.21. The lowest BCUT2D eigenvalue weighted by Gasteiger charge is -2.19. The topological polar surface area (TPSA) is 3.24 Å². The van der Waals surface area contributed by atoms with Crippen molar-refractivity contribution < 1.29 is 0 Å². The van der Waals surface area contributed by atoms with Crippen LogP contribution in [0.1, 0.15) is 5.56 Å². The third-order valence-electron chi connectivity index (χ3n) is 2.22. The fourth-order valence-corrected chi connectivity index (χ4v) is 2.30. The van der Waals surface area contributed by atoms with E-state index in [-0.39, 0.29) is 0 Å². The summed E-state index contributed by atoms with van der Waals surface area (Å²) in [6, 6.07) is 12.2.